The molecule has 1 rings (SSSR count). The minimum atomic E-state index is -0.621. The molecule has 0 radical (unpaired) electrons. The first-order chi connectivity index (χ1) is 8.22. The van der Waals surface area contributed by atoms with Crippen LogP contribution in [0.1, 0.15) is 12.0 Å². The zero-order valence-electron chi connectivity index (χ0n) is 9.63. The molecule has 0 aliphatic carbocycles. The van der Waals surface area contributed by atoms with E-state index in [9.17, 15) is 9.90 Å². The molecule has 0 aliphatic heterocycles. The van der Waals surface area contributed by atoms with E-state index in [1.54, 1.807) is 0 Å². The van der Waals surface area contributed by atoms with Crippen LogP contribution in [0.5, 0.6) is 0 Å². The van der Waals surface area contributed by atoms with E-state index in [4.69, 9.17) is 10.5 Å². The van der Waals surface area contributed by atoms with Crippen molar-refractivity contribution in [3.05, 3.63) is 35.9 Å². The number of nitrogens with one attached hydrogen (secondary N) is 1. The average molecular weight is 238 g/mol. The van der Waals surface area contributed by atoms with E-state index in [2.05, 4.69) is 5.32 Å². The van der Waals surface area contributed by atoms with Crippen molar-refractivity contribution >= 4 is 6.09 Å². The fourth-order valence-electron chi connectivity index (χ4n) is 1.27. The predicted octanol–water partition coefficient (Wildman–Crippen LogP) is 0.622. The maximum atomic E-state index is 11.2. The van der Waals surface area contributed by atoms with Crippen LogP contribution in [0.25, 0.3) is 0 Å². The lowest BCUT2D eigenvalue weighted by Gasteiger charge is -2.11. The maximum Gasteiger partial charge on any atom is 0.407 e. The van der Waals surface area contributed by atoms with Crippen molar-refractivity contribution in [2.75, 3.05) is 13.1 Å². The van der Waals surface area contributed by atoms with Gasteiger partial charge >= 0.3 is 6.09 Å². The van der Waals surface area contributed by atoms with Crippen molar-refractivity contribution in [2.24, 2.45) is 5.73 Å². The number of carbonyl (C=O) groups excluding carboxylic acids is 1. The summed E-state index contributed by atoms with van der Waals surface area (Å²) in [7, 11) is 0. The van der Waals surface area contributed by atoms with Gasteiger partial charge in [-0.25, -0.2) is 4.79 Å². The van der Waals surface area contributed by atoms with Gasteiger partial charge in [0, 0.05) is 6.54 Å². The second-order valence-electron chi connectivity index (χ2n) is 3.67. The molecule has 0 saturated carbocycles. The Labute approximate surface area is 101 Å². The van der Waals surface area contributed by atoms with E-state index in [1.165, 1.54) is 0 Å². The Balaban J connectivity index is 2.17. The van der Waals surface area contributed by atoms with Gasteiger partial charge in [0.25, 0.3) is 0 Å². The third-order valence-corrected chi connectivity index (χ3v) is 2.19. The van der Waals surface area contributed by atoms with Crippen LogP contribution in [0.3, 0.4) is 0 Å². The SMILES string of the molecule is NCC[C@@H](O)CNC(=O)OCc1ccccc1. The number of hydrogen-bond donors (Lipinski definition) is 3. The van der Waals surface area contributed by atoms with Crippen LogP contribution in [-0.4, -0.2) is 30.4 Å². The molecule has 1 aromatic rings. The first-order valence-corrected chi connectivity index (χ1v) is 5.55. The lowest BCUT2D eigenvalue weighted by atomic mass is 10.2. The summed E-state index contributed by atoms with van der Waals surface area (Å²) in [5.41, 5.74) is 6.19. The van der Waals surface area contributed by atoms with Gasteiger partial charge in [-0.05, 0) is 18.5 Å². The molecule has 17 heavy (non-hydrogen) atoms. The van der Waals surface area contributed by atoms with E-state index < -0.39 is 12.2 Å². The van der Waals surface area contributed by atoms with Gasteiger partial charge in [-0.15, -0.1) is 0 Å². The number of aliphatic hydroxyl groups excluding tert-OH is 1. The number of alkyl carbamates (subject to hydrolysis) is 1. The normalized spacial score (nSPS) is 11.9. The fraction of sp³-hybridized carbons (Fsp3) is 0.417. The molecule has 1 aromatic carbocycles. The van der Waals surface area contributed by atoms with E-state index in [-0.39, 0.29) is 13.2 Å². The smallest absolute Gasteiger partial charge is 0.407 e. The molecule has 0 bridgehead atoms. The molecule has 94 valence electrons. The van der Waals surface area contributed by atoms with Gasteiger partial charge in [0.15, 0.2) is 0 Å². The molecule has 0 fully saturated rings. The van der Waals surface area contributed by atoms with E-state index in [0.717, 1.165) is 5.56 Å². The highest BCUT2D eigenvalue weighted by Crippen LogP contribution is 2.00. The molecular weight excluding hydrogens is 220 g/mol. The van der Waals surface area contributed by atoms with Gasteiger partial charge in [0.05, 0.1) is 6.10 Å². The maximum absolute atomic E-state index is 11.2. The molecular formula is C12H18N2O3. The largest absolute Gasteiger partial charge is 0.445 e. The van der Waals surface area contributed by atoms with Gasteiger partial charge in [0.1, 0.15) is 6.61 Å². The van der Waals surface area contributed by atoms with Crippen molar-refractivity contribution in [2.45, 2.75) is 19.1 Å². The summed E-state index contributed by atoms with van der Waals surface area (Å²) in [4.78, 5) is 11.2. The topological polar surface area (TPSA) is 84.6 Å². The van der Waals surface area contributed by atoms with Crippen molar-refractivity contribution in [3.8, 4) is 0 Å². The summed E-state index contributed by atoms with van der Waals surface area (Å²) in [5, 5.41) is 11.8. The molecule has 0 aliphatic rings. The van der Waals surface area contributed by atoms with Crippen molar-refractivity contribution in [1.29, 1.82) is 0 Å². The van der Waals surface area contributed by atoms with Crippen LogP contribution in [-0.2, 0) is 11.3 Å². The van der Waals surface area contributed by atoms with Crippen molar-refractivity contribution in [1.82, 2.24) is 5.32 Å². The highest BCUT2D eigenvalue weighted by atomic mass is 16.5. The molecule has 0 aromatic heterocycles. The Kier molecular flexibility index (Phi) is 6.06. The number of amides is 1. The van der Waals surface area contributed by atoms with E-state index in [1.807, 2.05) is 30.3 Å². The summed E-state index contributed by atoms with van der Waals surface area (Å²) < 4.78 is 4.96. The first-order valence-electron chi connectivity index (χ1n) is 5.55. The van der Waals surface area contributed by atoms with Gasteiger partial charge < -0.3 is 20.9 Å². The summed E-state index contributed by atoms with van der Waals surface area (Å²) in [6.07, 6.45) is -0.701. The molecule has 0 saturated heterocycles. The van der Waals surface area contributed by atoms with Crippen LogP contribution < -0.4 is 11.1 Å². The Morgan fingerprint density at radius 3 is 2.76 bits per heavy atom. The minimum absolute atomic E-state index is 0.158. The molecule has 1 amide bonds. The van der Waals surface area contributed by atoms with Crippen LogP contribution in [0.4, 0.5) is 4.79 Å². The number of ether oxygens (including phenoxy) is 1. The number of benzene rings is 1. The summed E-state index contributed by atoms with van der Waals surface area (Å²) in [6.45, 7) is 0.770. The monoisotopic (exact) mass is 238 g/mol. The van der Waals surface area contributed by atoms with Crippen LogP contribution in [0, 0.1) is 0 Å². The molecule has 1 atom stereocenters. The first kappa shape index (κ1) is 13.5. The fourth-order valence-corrected chi connectivity index (χ4v) is 1.27. The van der Waals surface area contributed by atoms with E-state index in [0.29, 0.717) is 13.0 Å². The lowest BCUT2D eigenvalue weighted by molar-refractivity contribution is 0.124. The van der Waals surface area contributed by atoms with E-state index >= 15 is 0 Å². The standard InChI is InChI=1S/C12H18N2O3/c13-7-6-11(15)8-14-12(16)17-9-10-4-2-1-3-5-10/h1-5,11,15H,6-9,13H2,(H,14,16)/t11-/m1/s1. The molecule has 0 unspecified atom stereocenters. The number of hydrogen-bond acceptors (Lipinski definition) is 4. The van der Waals surface area contributed by atoms with Crippen molar-refractivity contribution in [3.63, 3.8) is 0 Å². The van der Waals surface area contributed by atoms with Gasteiger partial charge in [-0.2, -0.15) is 0 Å². The molecule has 5 heteroatoms. The Hall–Kier alpha value is -1.59. The predicted molar refractivity (Wildman–Crippen MR) is 64.3 cm³/mol. The van der Waals surface area contributed by atoms with Gasteiger partial charge in [0.2, 0.25) is 0 Å². The van der Waals surface area contributed by atoms with Crippen molar-refractivity contribution < 1.29 is 14.6 Å². The molecule has 0 spiro atoms. The summed E-state index contributed by atoms with van der Waals surface area (Å²) in [6, 6.07) is 9.39. The highest BCUT2D eigenvalue weighted by molar-refractivity contribution is 5.67. The Morgan fingerprint density at radius 1 is 1.41 bits per heavy atom. The number of carbonyl (C=O) groups is 1. The second-order valence-corrected chi connectivity index (χ2v) is 3.67. The third-order valence-electron chi connectivity index (χ3n) is 2.19. The summed E-state index contributed by atoms with van der Waals surface area (Å²) in [5.74, 6) is 0. The van der Waals surface area contributed by atoms with Crippen LogP contribution >= 0.6 is 0 Å². The Morgan fingerprint density at radius 2 is 2.12 bits per heavy atom. The van der Waals surface area contributed by atoms with Gasteiger partial charge in [-0.3, -0.25) is 0 Å². The lowest BCUT2D eigenvalue weighted by Crippen LogP contribution is -2.33. The highest BCUT2D eigenvalue weighted by Gasteiger charge is 2.06. The number of nitrogens with two attached hydrogens (primary N) is 1. The molecule has 0 heterocycles. The number of aliphatic hydroxyl groups is 1. The minimum Gasteiger partial charge on any atom is -0.445 e. The average Bonchev–Trinajstić information content (AvgIpc) is 2.35. The zero-order valence-corrected chi connectivity index (χ0v) is 9.63. The quantitative estimate of drug-likeness (QED) is 0.678. The Bertz CT molecular complexity index is 330. The second kappa shape index (κ2) is 7.65. The summed E-state index contributed by atoms with van der Waals surface area (Å²) >= 11 is 0. The number of rotatable bonds is 6. The van der Waals surface area contributed by atoms with Crippen LogP contribution in [0.15, 0.2) is 30.3 Å². The molecule has 5 nitrogen and oxygen atoms in total. The third kappa shape index (κ3) is 5.89. The van der Waals surface area contributed by atoms with Crippen LogP contribution in [0.2, 0.25) is 0 Å². The zero-order chi connectivity index (χ0) is 12.5. The molecule has 4 N–H and O–H groups in total. The van der Waals surface area contributed by atoms with Gasteiger partial charge in [-0.1, -0.05) is 30.3 Å².